The van der Waals surface area contributed by atoms with Gasteiger partial charge in [-0.25, -0.2) is 9.98 Å². The van der Waals surface area contributed by atoms with Gasteiger partial charge in [0.05, 0.1) is 18.8 Å². The first-order chi connectivity index (χ1) is 14.2. The molecule has 0 amide bonds. The Balaban J connectivity index is 0.00000320. The molecule has 1 aromatic heterocycles. The lowest BCUT2D eigenvalue weighted by Gasteiger charge is -2.18. The number of nitrogens with one attached hydrogen (secondary N) is 2. The molecule has 30 heavy (non-hydrogen) atoms. The minimum Gasteiger partial charge on any atom is -0.396 e. The molecule has 1 unspecified atom stereocenters. The number of aliphatic hydroxyl groups excluding tert-OH is 1. The zero-order valence-corrected chi connectivity index (χ0v) is 20.5. The van der Waals surface area contributed by atoms with E-state index < -0.39 is 0 Å². The number of nitrogens with zero attached hydrogens (tertiary/aromatic N) is 2. The van der Waals surface area contributed by atoms with Crippen molar-refractivity contribution in [3.05, 3.63) is 76.8 Å². The predicted octanol–water partition coefficient (Wildman–Crippen LogP) is 4.57. The Morgan fingerprint density at radius 1 is 1.07 bits per heavy atom. The minimum atomic E-state index is 0. The van der Waals surface area contributed by atoms with Crippen molar-refractivity contribution in [3.8, 4) is 10.6 Å². The SMILES string of the molecule is CCNC(=NCc1sc(-c2ccccc2)nc1C)NCC(CO)c1ccccc1.I. The second-order valence-corrected chi connectivity index (χ2v) is 7.84. The van der Waals surface area contributed by atoms with Crippen LogP contribution in [0.4, 0.5) is 0 Å². The smallest absolute Gasteiger partial charge is 0.191 e. The summed E-state index contributed by atoms with van der Waals surface area (Å²) < 4.78 is 0. The average Bonchev–Trinajstić information content (AvgIpc) is 3.14. The number of benzene rings is 2. The van der Waals surface area contributed by atoms with Crippen molar-refractivity contribution >= 4 is 41.3 Å². The molecule has 0 fully saturated rings. The highest BCUT2D eigenvalue weighted by molar-refractivity contribution is 14.0. The van der Waals surface area contributed by atoms with Gasteiger partial charge in [-0.3, -0.25) is 0 Å². The van der Waals surface area contributed by atoms with Gasteiger partial charge in [0.15, 0.2) is 5.96 Å². The third kappa shape index (κ3) is 6.78. The summed E-state index contributed by atoms with van der Waals surface area (Å²) in [5.41, 5.74) is 3.27. The van der Waals surface area contributed by atoms with Crippen LogP contribution in [0.3, 0.4) is 0 Å². The maximum absolute atomic E-state index is 9.77. The maximum Gasteiger partial charge on any atom is 0.191 e. The molecule has 3 aromatic rings. The molecule has 0 spiro atoms. The molecule has 3 rings (SSSR count). The van der Waals surface area contributed by atoms with Crippen molar-refractivity contribution in [2.75, 3.05) is 19.7 Å². The third-order valence-corrected chi connectivity index (χ3v) is 5.84. The van der Waals surface area contributed by atoms with Crippen LogP contribution in [0.1, 0.15) is 29.0 Å². The summed E-state index contributed by atoms with van der Waals surface area (Å²) in [5.74, 6) is 0.769. The van der Waals surface area contributed by atoms with Gasteiger partial charge in [-0.05, 0) is 19.4 Å². The number of guanidine groups is 1. The molecule has 0 aliphatic rings. The van der Waals surface area contributed by atoms with E-state index in [2.05, 4.69) is 22.8 Å². The molecule has 0 saturated carbocycles. The van der Waals surface area contributed by atoms with Crippen LogP contribution in [0.2, 0.25) is 0 Å². The van der Waals surface area contributed by atoms with E-state index in [9.17, 15) is 5.11 Å². The number of aromatic nitrogens is 1. The summed E-state index contributed by atoms with van der Waals surface area (Å²) in [6.07, 6.45) is 0. The molecule has 0 bridgehead atoms. The highest BCUT2D eigenvalue weighted by atomic mass is 127. The van der Waals surface area contributed by atoms with Gasteiger partial charge in [-0.2, -0.15) is 0 Å². The molecule has 1 atom stereocenters. The monoisotopic (exact) mass is 536 g/mol. The fourth-order valence-electron chi connectivity index (χ4n) is 3.00. The number of thiazole rings is 1. The van der Waals surface area contributed by atoms with Crippen molar-refractivity contribution in [2.24, 2.45) is 4.99 Å². The van der Waals surface area contributed by atoms with Crippen LogP contribution in [0.15, 0.2) is 65.7 Å². The zero-order valence-electron chi connectivity index (χ0n) is 17.3. The molecule has 0 radical (unpaired) electrons. The van der Waals surface area contributed by atoms with Gasteiger partial charge < -0.3 is 15.7 Å². The van der Waals surface area contributed by atoms with Gasteiger partial charge in [-0.1, -0.05) is 60.7 Å². The van der Waals surface area contributed by atoms with Gasteiger partial charge in [-0.15, -0.1) is 35.3 Å². The fourth-order valence-corrected chi connectivity index (χ4v) is 4.00. The van der Waals surface area contributed by atoms with E-state index in [1.807, 2.05) is 62.4 Å². The Morgan fingerprint density at radius 3 is 2.37 bits per heavy atom. The second kappa shape index (κ2) is 12.7. The molecule has 1 heterocycles. The molecule has 0 aliphatic heterocycles. The molecule has 160 valence electrons. The van der Waals surface area contributed by atoms with Crippen LogP contribution in [-0.4, -0.2) is 35.7 Å². The van der Waals surface area contributed by atoms with Crippen molar-refractivity contribution in [1.29, 1.82) is 0 Å². The fraction of sp³-hybridized carbons (Fsp3) is 0.304. The molecular weight excluding hydrogens is 507 g/mol. The van der Waals surface area contributed by atoms with Crippen LogP contribution in [0.25, 0.3) is 10.6 Å². The molecule has 2 aromatic carbocycles. The van der Waals surface area contributed by atoms with E-state index >= 15 is 0 Å². The van der Waals surface area contributed by atoms with Gasteiger partial charge in [0.25, 0.3) is 0 Å². The summed E-state index contributed by atoms with van der Waals surface area (Å²) in [7, 11) is 0. The molecule has 0 aliphatic carbocycles. The lowest BCUT2D eigenvalue weighted by molar-refractivity contribution is 0.265. The normalized spacial score (nSPS) is 12.2. The lowest BCUT2D eigenvalue weighted by Crippen LogP contribution is -2.39. The summed E-state index contributed by atoms with van der Waals surface area (Å²) in [5, 5.41) is 17.4. The van der Waals surface area contributed by atoms with E-state index in [4.69, 9.17) is 9.98 Å². The molecule has 0 saturated heterocycles. The van der Waals surface area contributed by atoms with E-state index in [0.29, 0.717) is 13.1 Å². The number of hydrogen-bond donors (Lipinski definition) is 3. The van der Waals surface area contributed by atoms with E-state index in [1.165, 1.54) is 0 Å². The van der Waals surface area contributed by atoms with E-state index in [-0.39, 0.29) is 36.5 Å². The Hall–Kier alpha value is -1.97. The van der Waals surface area contributed by atoms with Crippen LogP contribution in [0, 0.1) is 6.92 Å². The number of halogens is 1. The quantitative estimate of drug-likeness (QED) is 0.224. The Kier molecular flexibility index (Phi) is 10.3. The predicted molar refractivity (Wildman–Crippen MR) is 137 cm³/mol. The number of aliphatic hydroxyl groups is 1. The molecule has 5 nitrogen and oxygen atoms in total. The highest BCUT2D eigenvalue weighted by Gasteiger charge is 2.12. The maximum atomic E-state index is 9.77. The number of rotatable bonds is 8. The van der Waals surface area contributed by atoms with Crippen LogP contribution in [-0.2, 0) is 6.54 Å². The zero-order chi connectivity index (χ0) is 20.5. The standard InChI is InChI=1S/C23H28N4OS.HI/c1-3-24-23(25-14-20(16-28)18-10-6-4-7-11-18)26-15-21-17(2)27-22(29-21)19-12-8-5-9-13-19;/h4-13,20,28H,3,14-16H2,1-2H3,(H2,24,25,26);1H. The van der Waals surface area contributed by atoms with Crippen LogP contribution < -0.4 is 10.6 Å². The largest absolute Gasteiger partial charge is 0.396 e. The first-order valence-corrected chi connectivity index (χ1v) is 10.7. The number of hydrogen-bond acceptors (Lipinski definition) is 4. The van der Waals surface area contributed by atoms with Crippen LogP contribution in [0.5, 0.6) is 0 Å². The van der Waals surface area contributed by atoms with Gasteiger partial charge in [0, 0.05) is 29.4 Å². The third-order valence-electron chi connectivity index (χ3n) is 4.65. The topological polar surface area (TPSA) is 69.5 Å². The lowest BCUT2D eigenvalue weighted by atomic mass is 10.0. The Labute approximate surface area is 199 Å². The van der Waals surface area contributed by atoms with Gasteiger partial charge in [0.2, 0.25) is 0 Å². The highest BCUT2D eigenvalue weighted by Crippen LogP contribution is 2.28. The summed E-state index contributed by atoms with van der Waals surface area (Å²) >= 11 is 1.68. The van der Waals surface area contributed by atoms with Crippen molar-refractivity contribution in [1.82, 2.24) is 15.6 Å². The first kappa shape index (κ1) is 24.3. The molecule has 3 N–H and O–H groups in total. The Morgan fingerprint density at radius 2 is 1.73 bits per heavy atom. The minimum absolute atomic E-state index is 0. The van der Waals surface area contributed by atoms with Crippen LogP contribution >= 0.6 is 35.3 Å². The van der Waals surface area contributed by atoms with E-state index in [1.54, 1.807) is 11.3 Å². The van der Waals surface area contributed by atoms with Gasteiger partial charge >= 0.3 is 0 Å². The molecule has 7 heteroatoms. The van der Waals surface area contributed by atoms with Crippen molar-refractivity contribution in [2.45, 2.75) is 26.3 Å². The first-order valence-electron chi connectivity index (χ1n) is 9.91. The van der Waals surface area contributed by atoms with Gasteiger partial charge in [0.1, 0.15) is 5.01 Å². The number of aryl methyl sites for hydroxylation is 1. The summed E-state index contributed by atoms with van der Waals surface area (Å²) in [6, 6.07) is 20.3. The summed E-state index contributed by atoms with van der Waals surface area (Å²) in [6.45, 7) is 6.13. The van der Waals surface area contributed by atoms with Crippen molar-refractivity contribution < 1.29 is 5.11 Å². The average molecular weight is 536 g/mol. The number of aliphatic imine (C=N–C) groups is 1. The van der Waals surface area contributed by atoms with Crippen molar-refractivity contribution in [3.63, 3.8) is 0 Å². The molecular formula is C23H29IN4OS. The van der Waals surface area contributed by atoms with E-state index in [0.717, 1.165) is 39.2 Å². The summed E-state index contributed by atoms with van der Waals surface area (Å²) in [4.78, 5) is 10.6. The second-order valence-electron chi connectivity index (χ2n) is 6.76. The Bertz CT molecular complexity index is 915.